The lowest BCUT2D eigenvalue weighted by Gasteiger charge is -2.24. The first-order chi connectivity index (χ1) is 11.9. The number of carbonyl (C=O) groups is 1. The number of thioether (sulfide) groups is 1. The number of benzene rings is 1. The Hall–Kier alpha value is -1.34. The summed E-state index contributed by atoms with van der Waals surface area (Å²) in [6, 6.07) is 8.08. The monoisotopic (exact) mass is 380 g/mol. The Labute approximate surface area is 153 Å². The van der Waals surface area contributed by atoms with Crippen molar-refractivity contribution < 1.29 is 13.2 Å². The van der Waals surface area contributed by atoms with Gasteiger partial charge in [-0.15, -0.1) is 0 Å². The van der Waals surface area contributed by atoms with Crippen LogP contribution in [-0.2, 0) is 21.1 Å². The summed E-state index contributed by atoms with van der Waals surface area (Å²) >= 11 is 1.42. The number of carbonyl (C=O) groups excluding carboxylic acids is 1. The largest absolute Gasteiger partial charge is 0.316 e. The lowest BCUT2D eigenvalue weighted by atomic mass is 10.1. The van der Waals surface area contributed by atoms with Crippen LogP contribution in [0.4, 0.5) is 5.69 Å². The molecule has 3 rings (SSSR count). The van der Waals surface area contributed by atoms with E-state index in [0.29, 0.717) is 11.6 Å². The van der Waals surface area contributed by atoms with E-state index in [1.54, 1.807) is 6.92 Å². The highest BCUT2D eigenvalue weighted by molar-refractivity contribution is 8.16. The molecule has 2 fully saturated rings. The van der Waals surface area contributed by atoms with Gasteiger partial charge in [-0.2, -0.15) is 4.99 Å². The Morgan fingerprint density at radius 2 is 1.96 bits per heavy atom. The van der Waals surface area contributed by atoms with Crippen LogP contribution < -0.4 is 4.90 Å². The van der Waals surface area contributed by atoms with Crippen molar-refractivity contribution in [3.05, 3.63) is 29.8 Å². The van der Waals surface area contributed by atoms with Crippen molar-refractivity contribution in [1.29, 1.82) is 0 Å². The second-order valence-electron chi connectivity index (χ2n) is 6.58. The molecule has 2 aliphatic heterocycles. The molecule has 25 heavy (non-hydrogen) atoms. The molecule has 0 N–H and O–H groups in total. The van der Waals surface area contributed by atoms with E-state index >= 15 is 0 Å². The van der Waals surface area contributed by atoms with Crippen LogP contribution in [0.25, 0.3) is 0 Å². The third-order valence-corrected chi connectivity index (χ3v) is 7.83. The SMILES string of the molecule is CCCCc1ccc(N2C(=NC(=O)CC)S[C@@H]3CS(=O)(=O)C[C@H]32)cc1. The Morgan fingerprint density at radius 3 is 2.60 bits per heavy atom. The van der Waals surface area contributed by atoms with Crippen LogP contribution in [-0.4, -0.2) is 42.3 Å². The highest BCUT2D eigenvalue weighted by Crippen LogP contribution is 2.41. The number of fused-ring (bicyclic) bond motifs is 1. The smallest absolute Gasteiger partial charge is 0.247 e. The zero-order valence-corrected chi connectivity index (χ0v) is 16.3. The van der Waals surface area contributed by atoms with Crippen molar-refractivity contribution in [3.63, 3.8) is 0 Å². The van der Waals surface area contributed by atoms with Crippen molar-refractivity contribution in [2.24, 2.45) is 4.99 Å². The van der Waals surface area contributed by atoms with Gasteiger partial charge in [0.1, 0.15) is 0 Å². The summed E-state index contributed by atoms with van der Waals surface area (Å²) in [5, 5.41) is 0.589. The fraction of sp³-hybridized carbons (Fsp3) is 0.556. The minimum atomic E-state index is -3.03. The van der Waals surface area contributed by atoms with Crippen LogP contribution >= 0.6 is 11.8 Å². The summed E-state index contributed by atoms with van der Waals surface area (Å²) in [6.07, 6.45) is 3.70. The fourth-order valence-electron chi connectivity index (χ4n) is 3.26. The minimum Gasteiger partial charge on any atom is -0.316 e. The van der Waals surface area contributed by atoms with E-state index in [1.165, 1.54) is 17.3 Å². The van der Waals surface area contributed by atoms with Crippen molar-refractivity contribution >= 4 is 38.4 Å². The normalized spacial score (nSPS) is 26.2. The van der Waals surface area contributed by atoms with Gasteiger partial charge in [-0.05, 0) is 30.5 Å². The molecule has 0 bridgehead atoms. The highest BCUT2D eigenvalue weighted by atomic mass is 32.2. The van der Waals surface area contributed by atoms with Gasteiger partial charge in [0.25, 0.3) is 0 Å². The van der Waals surface area contributed by atoms with E-state index < -0.39 is 9.84 Å². The average molecular weight is 381 g/mol. The number of rotatable bonds is 5. The van der Waals surface area contributed by atoms with E-state index in [1.807, 2.05) is 17.0 Å². The number of aliphatic imine (C=N–C) groups is 1. The Morgan fingerprint density at radius 1 is 1.24 bits per heavy atom. The first-order valence-corrected chi connectivity index (χ1v) is 11.5. The number of hydrogen-bond acceptors (Lipinski definition) is 4. The van der Waals surface area contributed by atoms with Gasteiger partial charge in [-0.1, -0.05) is 44.2 Å². The van der Waals surface area contributed by atoms with Gasteiger partial charge in [0.15, 0.2) is 15.0 Å². The van der Waals surface area contributed by atoms with Crippen LogP contribution in [0.3, 0.4) is 0 Å². The fourth-order valence-corrected chi connectivity index (χ4v) is 7.19. The summed E-state index contributed by atoms with van der Waals surface area (Å²) < 4.78 is 24.1. The summed E-state index contributed by atoms with van der Waals surface area (Å²) in [5.74, 6) is 0.115. The van der Waals surface area contributed by atoms with Crippen molar-refractivity contribution in [1.82, 2.24) is 0 Å². The molecule has 7 heteroatoms. The molecule has 0 spiro atoms. The lowest BCUT2D eigenvalue weighted by Crippen LogP contribution is -2.37. The first kappa shape index (κ1) is 18.5. The maximum atomic E-state index is 12.0. The molecular formula is C18H24N2O3S2. The molecule has 1 aromatic carbocycles. The molecular weight excluding hydrogens is 356 g/mol. The summed E-state index contributed by atoms with van der Waals surface area (Å²) in [6.45, 7) is 3.95. The molecule has 2 saturated heterocycles. The number of anilines is 1. The maximum absolute atomic E-state index is 12.0. The second kappa shape index (κ2) is 7.50. The molecule has 1 aromatic rings. The lowest BCUT2D eigenvalue weighted by molar-refractivity contribution is -0.117. The quantitative estimate of drug-likeness (QED) is 0.785. The van der Waals surface area contributed by atoms with Gasteiger partial charge in [0, 0.05) is 17.4 Å². The third kappa shape index (κ3) is 4.08. The number of nitrogens with zero attached hydrogens (tertiary/aromatic N) is 2. The summed E-state index contributed by atoms with van der Waals surface area (Å²) in [4.78, 5) is 18.0. The number of amides is 1. The van der Waals surface area contributed by atoms with Gasteiger partial charge in [-0.25, -0.2) is 8.42 Å². The summed E-state index contributed by atoms with van der Waals surface area (Å²) in [5.41, 5.74) is 2.19. The van der Waals surface area contributed by atoms with Crippen LogP contribution in [0.5, 0.6) is 0 Å². The van der Waals surface area contributed by atoms with Gasteiger partial charge in [0.2, 0.25) is 5.91 Å². The van der Waals surface area contributed by atoms with E-state index in [-0.39, 0.29) is 28.7 Å². The predicted octanol–water partition coefficient (Wildman–Crippen LogP) is 3.04. The molecule has 2 heterocycles. The first-order valence-electron chi connectivity index (χ1n) is 8.80. The number of unbranched alkanes of at least 4 members (excludes halogenated alkanes) is 1. The highest BCUT2D eigenvalue weighted by Gasteiger charge is 2.49. The van der Waals surface area contributed by atoms with Gasteiger partial charge in [-0.3, -0.25) is 4.79 Å². The Balaban J connectivity index is 1.90. The van der Waals surface area contributed by atoms with E-state index in [0.717, 1.165) is 24.9 Å². The van der Waals surface area contributed by atoms with Crippen LogP contribution in [0.1, 0.15) is 38.7 Å². The molecule has 1 amide bonds. The molecule has 136 valence electrons. The second-order valence-corrected chi connectivity index (χ2v) is 9.94. The minimum absolute atomic E-state index is 0.0480. The number of hydrogen-bond donors (Lipinski definition) is 0. The summed E-state index contributed by atoms with van der Waals surface area (Å²) in [7, 11) is -3.03. The Kier molecular flexibility index (Phi) is 5.53. The molecule has 0 aromatic heterocycles. The van der Waals surface area contributed by atoms with Crippen molar-refractivity contribution in [2.75, 3.05) is 16.4 Å². The standard InChI is InChI=1S/C18H24N2O3S2/c1-3-5-6-13-7-9-14(10-8-13)20-15-11-25(22,23)12-16(15)24-18(20)19-17(21)4-2/h7-10,15-16H,3-6,11-12H2,1-2H3/t15-,16-/m1/s1. The molecule has 2 atom stereocenters. The van der Waals surface area contributed by atoms with Crippen molar-refractivity contribution in [3.8, 4) is 0 Å². The maximum Gasteiger partial charge on any atom is 0.247 e. The van der Waals surface area contributed by atoms with Gasteiger partial charge < -0.3 is 4.90 Å². The molecule has 2 aliphatic rings. The molecule has 5 nitrogen and oxygen atoms in total. The molecule has 0 unspecified atom stereocenters. The predicted molar refractivity (Wildman–Crippen MR) is 104 cm³/mol. The van der Waals surface area contributed by atoms with Crippen LogP contribution in [0, 0.1) is 0 Å². The molecule has 0 radical (unpaired) electrons. The third-order valence-electron chi connectivity index (χ3n) is 4.62. The zero-order valence-electron chi connectivity index (χ0n) is 14.6. The number of aryl methyl sites for hydroxylation is 1. The zero-order chi connectivity index (χ0) is 18.0. The Bertz CT molecular complexity index is 772. The van der Waals surface area contributed by atoms with Crippen LogP contribution in [0.2, 0.25) is 0 Å². The van der Waals surface area contributed by atoms with Crippen LogP contribution in [0.15, 0.2) is 29.3 Å². The molecule has 0 saturated carbocycles. The van der Waals surface area contributed by atoms with Gasteiger partial charge in [0.05, 0.1) is 17.5 Å². The average Bonchev–Trinajstić information content (AvgIpc) is 3.04. The number of sulfone groups is 1. The topological polar surface area (TPSA) is 66.8 Å². The van der Waals surface area contributed by atoms with E-state index in [4.69, 9.17) is 0 Å². The van der Waals surface area contributed by atoms with Crippen molar-refractivity contribution in [2.45, 2.75) is 50.8 Å². The molecule has 0 aliphatic carbocycles. The number of amidine groups is 1. The van der Waals surface area contributed by atoms with E-state index in [9.17, 15) is 13.2 Å². The van der Waals surface area contributed by atoms with E-state index in [2.05, 4.69) is 24.0 Å². The van der Waals surface area contributed by atoms with Gasteiger partial charge >= 0.3 is 0 Å².